The van der Waals surface area contributed by atoms with Crippen LogP contribution in [0.15, 0.2) is 0 Å². The van der Waals surface area contributed by atoms with Crippen LogP contribution in [-0.2, 0) is 4.79 Å². The summed E-state index contributed by atoms with van der Waals surface area (Å²) in [5, 5.41) is 2.31. The SMILES string of the molecule is O=C1CNC(=O)SC1. The third kappa shape index (κ3) is 1.23. The van der Waals surface area contributed by atoms with Crippen molar-refractivity contribution in [2.75, 3.05) is 12.3 Å². The highest BCUT2D eigenvalue weighted by molar-refractivity contribution is 8.14. The van der Waals surface area contributed by atoms with Crippen LogP contribution in [0.25, 0.3) is 0 Å². The molecule has 0 aromatic rings. The second kappa shape index (κ2) is 2.17. The van der Waals surface area contributed by atoms with Gasteiger partial charge in [0, 0.05) is 0 Å². The Balaban J connectivity index is 2.40. The summed E-state index contributed by atoms with van der Waals surface area (Å²) in [5.74, 6) is 0.431. The quantitative estimate of drug-likeness (QED) is 0.503. The van der Waals surface area contributed by atoms with E-state index in [0.29, 0.717) is 5.75 Å². The Labute approximate surface area is 50.8 Å². The van der Waals surface area contributed by atoms with Crippen LogP contribution in [0.4, 0.5) is 4.79 Å². The second-order valence-electron chi connectivity index (χ2n) is 1.47. The Morgan fingerprint density at radius 3 is 2.62 bits per heavy atom. The summed E-state index contributed by atoms with van der Waals surface area (Å²) in [6.45, 7) is 0.214. The zero-order valence-electron chi connectivity index (χ0n) is 4.14. The molecule has 1 rings (SSSR count). The Bertz CT molecular complexity index is 106. The van der Waals surface area contributed by atoms with Crippen molar-refractivity contribution in [1.29, 1.82) is 0 Å². The van der Waals surface area contributed by atoms with Crippen molar-refractivity contribution in [3.63, 3.8) is 0 Å². The number of hydrogen-bond acceptors (Lipinski definition) is 3. The molecule has 0 spiro atoms. The monoisotopic (exact) mass is 131 g/mol. The number of hydrogen-bond donors (Lipinski definition) is 1. The molecule has 0 aromatic heterocycles. The van der Waals surface area contributed by atoms with E-state index in [1.54, 1.807) is 0 Å². The fraction of sp³-hybridized carbons (Fsp3) is 0.500. The minimum Gasteiger partial charge on any atom is -0.340 e. The standard InChI is InChI=1S/C4H5NO2S/c6-3-1-5-4(7)8-2-3/h1-2H2,(H,5,7). The molecule has 1 aliphatic heterocycles. The maximum absolute atomic E-state index is 10.4. The normalized spacial score (nSPS) is 20.5. The van der Waals surface area contributed by atoms with Crippen LogP contribution in [0, 0.1) is 0 Å². The van der Waals surface area contributed by atoms with Crippen molar-refractivity contribution in [2.24, 2.45) is 0 Å². The topological polar surface area (TPSA) is 46.2 Å². The van der Waals surface area contributed by atoms with Gasteiger partial charge in [-0.3, -0.25) is 9.59 Å². The number of Topliss-reactive ketones (excluding diaryl/α,β-unsaturated/α-hetero) is 1. The molecule has 4 heteroatoms. The van der Waals surface area contributed by atoms with Crippen LogP contribution in [0.5, 0.6) is 0 Å². The van der Waals surface area contributed by atoms with Crippen LogP contribution in [-0.4, -0.2) is 23.3 Å². The molecule has 8 heavy (non-hydrogen) atoms. The van der Waals surface area contributed by atoms with Gasteiger partial charge in [-0.05, 0) is 0 Å². The summed E-state index contributed by atoms with van der Waals surface area (Å²) in [4.78, 5) is 20.7. The van der Waals surface area contributed by atoms with E-state index in [4.69, 9.17) is 0 Å². The third-order valence-corrected chi connectivity index (χ3v) is 1.67. The van der Waals surface area contributed by atoms with Gasteiger partial charge in [-0.25, -0.2) is 0 Å². The predicted octanol–water partition coefficient (Wildman–Crippen LogP) is 0.0119. The fourth-order valence-electron chi connectivity index (χ4n) is 0.419. The molecule has 0 unspecified atom stereocenters. The van der Waals surface area contributed by atoms with E-state index >= 15 is 0 Å². The number of thioether (sulfide) groups is 1. The molecular formula is C4H5NO2S. The van der Waals surface area contributed by atoms with E-state index < -0.39 is 0 Å². The second-order valence-corrected chi connectivity index (χ2v) is 2.42. The van der Waals surface area contributed by atoms with Crippen molar-refractivity contribution >= 4 is 22.8 Å². The van der Waals surface area contributed by atoms with Gasteiger partial charge in [0.2, 0.25) is 0 Å². The van der Waals surface area contributed by atoms with E-state index in [2.05, 4.69) is 5.32 Å². The smallest absolute Gasteiger partial charge is 0.279 e. The molecular weight excluding hydrogens is 126 g/mol. The number of amides is 1. The zero-order valence-corrected chi connectivity index (χ0v) is 4.96. The molecule has 3 nitrogen and oxygen atoms in total. The van der Waals surface area contributed by atoms with Gasteiger partial charge in [-0.15, -0.1) is 0 Å². The van der Waals surface area contributed by atoms with Crippen molar-refractivity contribution in [3.8, 4) is 0 Å². The lowest BCUT2D eigenvalue weighted by molar-refractivity contribution is -0.115. The van der Waals surface area contributed by atoms with E-state index in [1.807, 2.05) is 0 Å². The van der Waals surface area contributed by atoms with Crippen molar-refractivity contribution in [1.82, 2.24) is 5.32 Å². The maximum atomic E-state index is 10.4. The number of rotatable bonds is 0. The third-order valence-electron chi connectivity index (χ3n) is 0.794. The summed E-state index contributed by atoms with van der Waals surface area (Å²) in [6, 6.07) is 0. The average Bonchev–Trinajstić information content (AvgIpc) is 1.77. The zero-order chi connectivity index (χ0) is 5.98. The average molecular weight is 131 g/mol. The minimum absolute atomic E-state index is 0.0922. The molecule has 1 aliphatic rings. The fourth-order valence-corrected chi connectivity index (χ4v) is 0.987. The molecule has 0 aliphatic carbocycles. The molecule has 0 saturated carbocycles. The van der Waals surface area contributed by atoms with Crippen molar-refractivity contribution in [2.45, 2.75) is 0 Å². The minimum atomic E-state index is -0.0930. The van der Waals surface area contributed by atoms with Crippen LogP contribution < -0.4 is 5.32 Å². The van der Waals surface area contributed by atoms with Crippen molar-refractivity contribution < 1.29 is 9.59 Å². The van der Waals surface area contributed by atoms with E-state index in [1.165, 1.54) is 0 Å². The van der Waals surface area contributed by atoms with Gasteiger partial charge in [0.05, 0.1) is 12.3 Å². The first-order valence-electron chi connectivity index (χ1n) is 2.21. The van der Waals surface area contributed by atoms with Crippen LogP contribution >= 0.6 is 11.8 Å². The van der Waals surface area contributed by atoms with E-state index in [-0.39, 0.29) is 17.6 Å². The first-order chi connectivity index (χ1) is 3.79. The molecule has 44 valence electrons. The maximum Gasteiger partial charge on any atom is 0.279 e. The molecule has 0 radical (unpaired) electrons. The molecule has 0 atom stereocenters. The Morgan fingerprint density at radius 2 is 2.25 bits per heavy atom. The van der Waals surface area contributed by atoms with Gasteiger partial charge >= 0.3 is 0 Å². The highest BCUT2D eigenvalue weighted by Gasteiger charge is 2.13. The lowest BCUT2D eigenvalue weighted by Gasteiger charge is -2.07. The van der Waals surface area contributed by atoms with Crippen LogP contribution in [0.1, 0.15) is 0 Å². The lowest BCUT2D eigenvalue weighted by Crippen LogP contribution is -2.33. The number of nitrogens with one attached hydrogen (secondary N) is 1. The molecule has 1 amide bonds. The highest BCUT2D eigenvalue weighted by atomic mass is 32.2. The lowest BCUT2D eigenvalue weighted by atomic mass is 10.4. The summed E-state index contributed by atoms with van der Waals surface area (Å²) in [5.41, 5.74) is 0. The summed E-state index contributed by atoms with van der Waals surface area (Å²) in [6.07, 6.45) is 0. The molecule has 1 fully saturated rings. The van der Waals surface area contributed by atoms with Gasteiger partial charge in [-0.1, -0.05) is 11.8 Å². The molecule has 0 aromatic carbocycles. The molecule has 0 bridgehead atoms. The van der Waals surface area contributed by atoms with Gasteiger partial charge in [0.1, 0.15) is 0 Å². The Morgan fingerprint density at radius 1 is 1.50 bits per heavy atom. The summed E-state index contributed by atoms with van der Waals surface area (Å²) < 4.78 is 0. The largest absolute Gasteiger partial charge is 0.340 e. The Kier molecular flexibility index (Phi) is 1.53. The summed E-state index contributed by atoms with van der Waals surface area (Å²) >= 11 is 1.03. The summed E-state index contributed by atoms with van der Waals surface area (Å²) in [7, 11) is 0. The number of carbonyl (C=O) groups excluding carboxylic acids is 2. The highest BCUT2D eigenvalue weighted by Crippen LogP contribution is 2.04. The van der Waals surface area contributed by atoms with Gasteiger partial charge < -0.3 is 5.32 Å². The predicted molar refractivity (Wildman–Crippen MR) is 30.9 cm³/mol. The van der Waals surface area contributed by atoms with Gasteiger partial charge in [0.25, 0.3) is 5.24 Å². The number of carbonyl (C=O) groups is 2. The van der Waals surface area contributed by atoms with E-state index in [0.717, 1.165) is 11.8 Å². The first kappa shape index (κ1) is 5.62. The Hall–Kier alpha value is -0.510. The van der Waals surface area contributed by atoms with Crippen LogP contribution in [0.3, 0.4) is 0 Å². The molecule has 1 saturated heterocycles. The van der Waals surface area contributed by atoms with E-state index in [9.17, 15) is 9.59 Å². The van der Waals surface area contributed by atoms with Gasteiger partial charge in [-0.2, -0.15) is 0 Å². The van der Waals surface area contributed by atoms with Crippen molar-refractivity contribution in [3.05, 3.63) is 0 Å². The first-order valence-corrected chi connectivity index (χ1v) is 3.20. The van der Waals surface area contributed by atoms with Gasteiger partial charge in [0.15, 0.2) is 5.78 Å². The molecule has 1 N–H and O–H groups in total. The number of ketones is 1. The molecule has 1 heterocycles. The van der Waals surface area contributed by atoms with Crippen LogP contribution in [0.2, 0.25) is 0 Å².